The molecule has 28 heavy (non-hydrogen) atoms. The molecular weight excluding hydrogens is 356 g/mol. The van der Waals surface area contributed by atoms with Crippen molar-refractivity contribution < 1.29 is 19.8 Å². The van der Waals surface area contributed by atoms with Gasteiger partial charge in [0.2, 0.25) is 0 Å². The first-order chi connectivity index (χ1) is 13.4. The van der Waals surface area contributed by atoms with E-state index in [1.807, 2.05) is 0 Å². The molecule has 0 aromatic heterocycles. The minimum absolute atomic E-state index is 0.0149. The molecule has 1 unspecified atom stereocenters. The van der Waals surface area contributed by atoms with Gasteiger partial charge in [0, 0.05) is 30.9 Å². The highest BCUT2D eigenvalue weighted by Gasteiger charge is 2.64. The van der Waals surface area contributed by atoms with Crippen molar-refractivity contribution in [2.45, 2.75) is 64.9 Å². The molecule has 4 N–H and O–H groups in total. The van der Waals surface area contributed by atoms with Gasteiger partial charge in [0.15, 0.2) is 0 Å². The van der Waals surface area contributed by atoms with Gasteiger partial charge >= 0.3 is 0 Å². The van der Waals surface area contributed by atoms with Crippen LogP contribution in [0.4, 0.5) is 0 Å². The van der Waals surface area contributed by atoms with E-state index in [1.165, 1.54) is 0 Å². The maximum Gasteiger partial charge on any atom is 0.139 e. The second kappa shape index (κ2) is 7.37. The minimum atomic E-state index is -0.548. The van der Waals surface area contributed by atoms with Crippen molar-refractivity contribution in [3.63, 3.8) is 0 Å². The summed E-state index contributed by atoms with van der Waals surface area (Å²) in [5.41, 5.74) is 6.30. The SMILES string of the molecule is C[C@]12CC/C(=N/OCCN)CC1[C@@H](CO)[C@@H](O)[C@@H]1[C@@H]2CC[C@]2(C)C(=O)CC[C@@H]12. The number of aliphatic hydroxyl groups is 2. The van der Waals surface area contributed by atoms with Crippen LogP contribution in [0.15, 0.2) is 5.16 Å². The van der Waals surface area contributed by atoms with Crippen molar-refractivity contribution in [3.8, 4) is 0 Å². The number of hydrogen-bond acceptors (Lipinski definition) is 6. The number of Topliss-reactive ketones (excluding diaryl/α,β-unsaturated/α-hetero) is 1. The van der Waals surface area contributed by atoms with E-state index < -0.39 is 6.10 Å². The predicted molar refractivity (Wildman–Crippen MR) is 107 cm³/mol. The molecule has 0 saturated heterocycles. The molecule has 0 bridgehead atoms. The molecule has 4 saturated carbocycles. The summed E-state index contributed by atoms with van der Waals surface area (Å²) in [5.74, 6) is 1.20. The van der Waals surface area contributed by atoms with Gasteiger partial charge in [-0.05, 0) is 67.6 Å². The molecule has 4 aliphatic rings. The van der Waals surface area contributed by atoms with Crippen molar-refractivity contribution in [1.82, 2.24) is 0 Å². The zero-order valence-corrected chi connectivity index (χ0v) is 17.3. The van der Waals surface area contributed by atoms with Gasteiger partial charge in [0.25, 0.3) is 0 Å². The number of aliphatic hydroxyl groups excluding tert-OH is 2. The molecule has 0 aromatic carbocycles. The van der Waals surface area contributed by atoms with Gasteiger partial charge in [-0.25, -0.2) is 0 Å². The number of oxime groups is 1. The zero-order chi connectivity index (χ0) is 20.1. The third-order valence-corrected chi connectivity index (χ3v) is 9.11. The van der Waals surface area contributed by atoms with E-state index in [0.29, 0.717) is 31.3 Å². The average molecular weight is 393 g/mol. The lowest BCUT2D eigenvalue weighted by atomic mass is 9.42. The van der Waals surface area contributed by atoms with Crippen LogP contribution in [0.3, 0.4) is 0 Å². The molecule has 0 aliphatic heterocycles. The molecule has 0 aromatic rings. The van der Waals surface area contributed by atoms with Crippen LogP contribution in [0.5, 0.6) is 0 Å². The van der Waals surface area contributed by atoms with E-state index in [1.54, 1.807) is 0 Å². The van der Waals surface area contributed by atoms with Crippen LogP contribution in [0.1, 0.15) is 58.8 Å². The van der Waals surface area contributed by atoms with E-state index in [-0.39, 0.29) is 41.1 Å². The first kappa shape index (κ1) is 20.3. The minimum Gasteiger partial charge on any atom is -0.396 e. The predicted octanol–water partition coefficient (Wildman–Crippen LogP) is 2.12. The second-order valence-corrected chi connectivity index (χ2v) is 10.1. The molecule has 4 fully saturated rings. The molecule has 158 valence electrons. The lowest BCUT2D eigenvalue weighted by molar-refractivity contribution is -0.188. The Labute approximate surface area is 167 Å². The Hall–Kier alpha value is -0.980. The van der Waals surface area contributed by atoms with Gasteiger partial charge in [-0.15, -0.1) is 0 Å². The van der Waals surface area contributed by atoms with Crippen molar-refractivity contribution in [3.05, 3.63) is 0 Å². The van der Waals surface area contributed by atoms with E-state index in [2.05, 4.69) is 19.0 Å². The van der Waals surface area contributed by atoms with Crippen LogP contribution in [0, 0.1) is 40.4 Å². The molecule has 0 radical (unpaired) electrons. The highest BCUT2D eigenvalue weighted by atomic mass is 16.6. The highest BCUT2D eigenvalue weighted by molar-refractivity contribution is 5.87. The van der Waals surface area contributed by atoms with E-state index in [9.17, 15) is 15.0 Å². The molecule has 4 rings (SSSR count). The molecule has 8 atom stereocenters. The Kier molecular flexibility index (Phi) is 5.34. The van der Waals surface area contributed by atoms with E-state index in [0.717, 1.165) is 44.2 Å². The summed E-state index contributed by atoms with van der Waals surface area (Å²) in [6, 6.07) is 0. The summed E-state index contributed by atoms with van der Waals surface area (Å²) >= 11 is 0. The first-order valence-electron chi connectivity index (χ1n) is 11.1. The molecule has 0 spiro atoms. The number of nitrogens with two attached hydrogens (primary N) is 1. The van der Waals surface area contributed by atoms with Gasteiger partial charge in [-0.1, -0.05) is 19.0 Å². The van der Waals surface area contributed by atoms with Crippen molar-refractivity contribution in [2.24, 2.45) is 51.3 Å². The Bertz CT molecular complexity index is 652. The monoisotopic (exact) mass is 392 g/mol. The van der Waals surface area contributed by atoms with E-state index >= 15 is 0 Å². The van der Waals surface area contributed by atoms with Crippen LogP contribution >= 0.6 is 0 Å². The summed E-state index contributed by atoms with van der Waals surface area (Å²) in [7, 11) is 0. The maximum absolute atomic E-state index is 12.6. The number of nitrogens with zero attached hydrogens (tertiary/aromatic N) is 1. The summed E-state index contributed by atoms with van der Waals surface area (Å²) in [6.45, 7) is 5.33. The number of fused-ring (bicyclic) bond motifs is 5. The molecule has 0 amide bonds. The smallest absolute Gasteiger partial charge is 0.139 e. The molecule has 4 aliphatic carbocycles. The maximum atomic E-state index is 12.6. The van der Waals surface area contributed by atoms with Crippen molar-refractivity contribution in [2.75, 3.05) is 19.8 Å². The lowest BCUT2D eigenvalue weighted by Crippen LogP contribution is -2.62. The fourth-order valence-electron chi connectivity index (χ4n) is 7.53. The van der Waals surface area contributed by atoms with Gasteiger partial charge in [-0.3, -0.25) is 4.79 Å². The summed E-state index contributed by atoms with van der Waals surface area (Å²) in [4.78, 5) is 17.9. The molecule has 6 nitrogen and oxygen atoms in total. The molecule has 6 heteroatoms. The zero-order valence-electron chi connectivity index (χ0n) is 17.3. The summed E-state index contributed by atoms with van der Waals surface area (Å²) in [5, 5.41) is 26.0. The van der Waals surface area contributed by atoms with E-state index in [4.69, 9.17) is 10.6 Å². The number of hydrogen-bond donors (Lipinski definition) is 3. The number of rotatable bonds is 4. The standard InChI is InChI=1S/C22H36N2O4/c1-21-7-5-13(24-28-10-9-23)11-17(21)14(12-25)20(27)19-15-3-4-18(26)22(15,2)8-6-16(19)21/h14-17,19-20,25,27H,3-12,23H2,1-2H3/b24-13-/t14-,15+,16+,17?,19+,20-,21-,22+/m1/s1. The number of ketones is 1. The Balaban J connectivity index is 1.64. The quantitative estimate of drug-likeness (QED) is 0.502. The van der Waals surface area contributed by atoms with Gasteiger partial charge < -0.3 is 20.8 Å². The van der Waals surface area contributed by atoms with Crippen LogP contribution in [0.25, 0.3) is 0 Å². The Morgan fingerprint density at radius 1 is 1.18 bits per heavy atom. The second-order valence-electron chi connectivity index (χ2n) is 10.1. The molecule has 0 heterocycles. The summed E-state index contributed by atoms with van der Waals surface area (Å²) in [6.07, 6.45) is 5.61. The van der Waals surface area contributed by atoms with Gasteiger partial charge in [-0.2, -0.15) is 0 Å². The summed E-state index contributed by atoms with van der Waals surface area (Å²) < 4.78 is 0. The lowest BCUT2D eigenvalue weighted by Gasteiger charge is -2.63. The topological polar surface area (TPSA) is 105 Å². The third-order valence-electron chi connectivity index (χ3n) is 9.11. The third kappa shape index (κ3) is 2.86. The number of carbonyl (C=O) groups is 1. The Morgan fingerprint density at radius 3 is 2.68 bits per heavy atom. The van der Waals surface area contributed by atoms with Gasteiger partial charge in [0.1, 0.15) is 12.4 Å². The van der Waals surface area contributed by atoms with Crippen LogP contribution < -0.4 is 5.73 Å². The highest BCUT2D eigenvalue weighted by Crippen LogP contribution is 2.66. The van der Waals surface area contributed by atoms with Crippen molar-refractivity contribution >= 4 is 11.5 Å². The Morgan fingerprint density at radius 2 is 1.96 bits per heavy atom. The average Bonchev–Trinajstić information content (AvgIpc) is 2.98. The van der Waals surface area contributed by atoms with Crippen molar-refractivity contribution in [1.29, 1.82) is 0 Å². The van der Waals surface area contributed by atoms with Crippen LogP contribution in [-0.2, 0) is 9.63 Å². The molecular formula is C22H36N2O4. The van der Waals surface area contributed by atoms with Gasteiger partial charge in [0.05, 0.1) is 11.8 Å². The largest absolute Gasteiger partial charge is 0.396 e. The first-order valence-corrected chi connectivity index (χ1v) is 11.1. The normalized spacial score (nSPS) is 49.5. The fraction of sp³-hybridized carbons (Fsp3) is 0.909. The fourth-order valence-corrected chi connectivity index (χ4v) is 7.53. The number of carbonyl (C=O) groups excluding carboxylic acids is 1. The van der Waals surface area contributed by atoms with Crippen LogP contribution in [0.2, 0.25) is 0 Å². The van der Waals surface area contributed by atoms with Crippen LogP contribution in [-0.4, -0.2) is 47.6 Å².